The molecule has 0 fully saturated rings. The molecular formula is C11H15BrN2O4. The highest BCUT2D eigenvalue weighted by molar-refractivity contribution is 9.10. The number of benzene rings is 1. The summed E-state index contributed by atoms with van der Waals surface area (Å²) in [5.74, 6) is 0. The van der Waals surface area contributed by atoms with Crippen LogP contribution in [0.15, 0.2) is 16.6 Å². The number of nitrogens with one attached hydrogen (secondary N) is 1. The van der Waals surface area contributed by atoms with Crippen LogP contribution < -0.4 is 5.32 Å². The van der Waals surface area contributed by atoms with Crippen molar-refractivity contribution in [2.45, 2.75) is 13.2 Å². The van der Waals surface area contributed by atoms with Crippen LogP contribution in [0.4, 0.5) is 11.4 Å². The predicted molar refractivity (Wildman–Crippen MR) is 71.8 cm³/mol. The van der Waals surface area contributed by atoms with Crippen LogP contribution >= 0.6 is 15.9 Å². The van der Waals surface area contributed by atoms with E-state index in [0.29, 0.717) is 17.8 Å². The first-order valence-electron chi connectivity index (χ1n) is 5.23. The summed E-state index contributed by atoms with van der Waals surface area (Å²) in [4.78, 5) is 10.4. The number of halogens is 1. The smallest absolute Gasteiger partial charge is 0.274 e. The Hall–Kier alpha value is -1.18. The molecule has 1 aromatic carbocycles. The molecule has 0 aliphatic carbocycles. The van der Waals surface area contributed by atoms with Crippen LogP contribution in [-0.2, 0) is 9.47 Å². The van der Waals surface area contributed by atoms with Gasteiger partial charge >= 0.3 is 0 Å². The number of nitrogens with zero attached hydrogens (tertiary/aromatic N) is 1. The Morgan fingerprint density at radius 2 is 2.06 bits per heavy atom. The summed E-state index contributed by atoms with van der Waals surface area (Å²) in [6, 6.07) is 3.19. The number of anilines is 1. The minimum absolute atomic E-state index is 0.0760. The van der Waals surface area contributed by atoms with E-state index in [1.807, 2.05) is 0 Å². The van der Waals surface area contributed by atoms with Gasteiger partial charge in [-0.05, 0) is 28.9 Å². The van der Waals surface area contributed by atoms with Crippen LogP contribution in [-0.4, -0.2) is 32.0 Å². The molecule has 0 amide bonds. The average Bonchev–Trinajstić information content (AvgIpc) is 2.32. The Bertz CT molecular complexity index is 435. The van der Waals surface area contributed by atoms with Gasteiger partial charge in [0.05, 0.1) is 17.2 Å². The first kappa shape index (κ1) is 14.9. The average molecular weight is 319 g/mol. The fourth-order valence-electron chi connectivity index (χ4n) is 1.45. The summed E-state index contributed by atoms with van der Waals surface area (Å²) >= 11 is 3.36. The van der Waals surface area contributed by atoms with E-state index in [4.69, 9.17) is 9.47 Å². The quantitative estimate of drug-likeness (QED) is 0.496. The van der Waals surface area contributed by atoms with Gasteiger partial charge in [-0.2, -0.15) is 0 Å². The molecule has 6 nitrogen and oxygen atoms in total. The number of nitro benzene ring substituents is 1. The molecular weight excluding hydrogens is 304 g/mol. The lowest BCUT2D eigenvalue weighted by atomic mass is 10.2. The van der Waals surface area contributed by atoms with Crippen LogP contribution in [0.1, 0.15) is 5.56 Å². The summed E-state index contributed by atoms with van der Waals surface area (Å²) in [6.07, 6.45) is -0.405. The number of nitro groups is 1. The van der Waals surface area contributed by atoms with Gasteiger partial charge in [0.2, 0.25) is 0 Å². The van der Waals surface area contributed by atoms with E-state index in [0.717, 1.165) is 4.47 Å². The normalized spacial score (nSPS) is 10.7. The molecule has 1 N–H and O–H groups in total. The van der Waals surface area contributed by atoms with Gasteiger partial charge in [-0.25, -0.2) is 0 Å². The van der Waals surface area contributed by atoms with Crippen molar-refractivity contribution in [1.29, 1.82) is 0 Å². The molecule has 18 heavy (non-hydrogen) atoms. The Morgan fingerprint density at radius 3 is 2.56 bits per heavy atom. The summed E-state index contributed by atoms with van der Waals surface area (Å²) in [5, 5.41) is 13.9. The molecule has 0 saturated heterocycles. The molecule has 0 bridgehead atoms. The molecule has 0 unspecified atom stereocenters. The van der Waals surface area contributed by atoms with Crippen molar-refractivity contribution < 1.29 is 14.4 Å². The zero-order valence-electron chi connectivity index (χ0n) is 10.4. The molecule has 0 heterocycles. The van der Waals surface area contributed by atoms with E-state index in [9.17, 15) is 10.1 Å². The van der Waals surface area contributed by atoms with Gasteiger partial charge in [-0.15, -0.1) is 0 Å². The van der Waals surface area contributed by atoms with Gasteiger partial charge in [-0.1, -0.05) is 0 Å². The van der Waals surface area contributed by atoms with Crippen molar-refractivity contribution in [3.63, 3.8) is 0 Å². The van der Waals surface area contributed by atoms with Crippen LogP contribution in [0.3, 0.4) is 0 Å². The first-order valence-corrected chi connectivity index (χ1v) is 6.03. The lowest BCUT2D eigenvalue weighted by Gasteiger charge is -2.16. The zero-order valence-corrected chi connectivity index (χ0v) is 12.0. The van der Waals surface area contributed by atoms with Gasteiger partial charge in [0.1, 0.15) is 0 Å². The van der Waals surface area contributed by atoms with Crippen molar-refractivity contribution in [3.8, 4) is 0 Å². The number of aryl methyl sites for hydroxylation is 1. The summed E-state index contributed by atoms with van der Waals surface area (Å²) < 4.78 is 10.8. The van der Waals surface area contributed by atoms with Gasteiger partial charge in [0, 0.05) is 30.3 Å². The number of methoxy groups -OCH3 is 2. The van der Waals surface area contributed by atoms with Crippen molar-refractivity contribution in [1.82, 2.24) is 0 Å². The number of ether oxygens (including phenoxy) is 2. The molecule has 100 valence electrons. The molecule has 1 rings (SSSR count). The van der Waals surface area contributed by atoms with E-state index in [1.54, 1.807) is 13.0 Å². The van der Waals surface area contributed by atoms with E-state index in [2.05, 4.69) is 21.2 Å². The third-order valence-electron chi connectivity index (χ3n) is 2.47. The Morgan fingerprint density at radius 1 is 1.44 bits per heavy atom. The lowest BCUT2D eigenvalue weighted by Crippen LogP contribution is -2.23. The van der Waals surface area contributed by atoms with Crippen LogP contribution in [0, 0.1) is 17.0 Å². The molecule has 7 heteroatoms. The topological polar surface area (TPSA) is 73.6 Å². The van der Waals surface area contributed by atoms with Crippen molar-refractivity contribution in [3.05, 3.63) is 32.3 Å². The second kappa shape index (κ2) is 6.67. The summed E-state index contributed by atoms with van der Waals surface area (Å²) in [7, 11) is 3.06. The van der Waals surface area contributed by atoms with Gasteiger partial charge in [-0.3, -0.25) is 10.1 Å². The minimum Gasteiger partial charge on any atom is -0.379 e. The molecule has 0 aromatic heterocycles. The van der Waals surface area contributed by atoms with E-state index >= 15 is 0 Å². The third-order valence-corrected chi connectivity index (χ3v) is 3.12. The second-order valence-electron chi connectivity index (χ2n) is 3.66. The van der Waals surface area contributed by atoms with Gasteiger partial charge in [0.25, 0.3) is 5.69 Å². The van der Waals surface area contributed by atoms with E-state index in [1.165, 1.54) is 20.3 Å². The highest BCUT2D eigenvalue weighted by Crippen LogP contribution is 2.30. The third kappa shape index (κ3) is 3.66. The van der Waals surface area contributed by atoms with E-state index < -0.39 is 11.2 Å². The Kier molecular flexibility index (Phi) is 5.52. The predicted octanol–water partition coefficient (Wildman–Crippen LogP) is 2.70. The maximum absolute atomic E-state index is 10.8. The van der Waals surface area contributed by atoms with Crippen LogP contribution in [0.25, 0.3) is 0 Å². The fourth-order valence-corrected chi connectivity index (χ4v) is 2.05. The fraction of sp³-hybridized carbons (Fsp3) is 0.455. The number of hydrogen-bond donors (Lipinski definition) is 1. The highest BCUT2D eigenvalue weighted by atomic mass is 79.9. The monoisotopic (exact) mass is 318 g/mol. The largest absolute Gasteiger partial charge is 0.379 e. The SMILES string of the molecule is COC(CNc1cc([N+](=O)[O-])c(C)cc1Br)OC. The van der Waals surface area contributed by atoms with Crippen LogP contribution in [0.2, 0.25) is 0 Å². The van der Waals surface area contributed by atoms with Crippen molar-refractivity contribution >= 4 is 27.3 Å². The lowest BCUT2D eigenvalue weighted by molar-refractivity contribution is -0.385. The number of hydrogen-bond acceptors (Lipinski definition) is 5. The zero-order chi connectivity index (χ0) is 13.7. The first-order chi connectivity index (χ1) is 8.49. The summed E-state index contributed by atoms with van der Waals surface area (Å²) in [6.45, 7) is 2.09. The standard InChI is InChI=1S/C11H15BrN2O4/c1-7-4-8(12)9(5-10(7)14(15)16)13-6-11(17-2)18-3/h4-5,11,13H,6H2,1-3H3. The highest BCUT2D eigenvalue weighted by Gasteiger charge is 2.15. The molecule has 1 aromatic rings. The van der Waals surface area contributed by atoms with Gasteiger partial charge < -0.3 is 14.8 Å². The van der Waals surface area contributed by atoms with Crippen molar-refractivity contribution in [2.24, 2.45) is 0 Å². The van der Waals surface area contributed by atoms with Crippen molar-refractivity contribution in [2.75, 3.05) is 26.1 Å². The number of rotatable bonds is 6. The maximum atomic E-state index is 10.8. The Labute approximate surface area is 114 Å². The molecule has 0 saturated carbocycles. The summed E-state index contributed by atoms with van der Waals surface area (Å²) in [5.41, 5.74) is 1.31. The van der Waals surface area contributed by atoms with Crippen LogP contribution in [0.5, 0.6) is 0 Å². The molecule has 0 spiro atoms. The van der Waals surface area contributed by atoms with Gasteiger partial charge in [0.15, 0.2) is 6.29 Å². The molecule has 0 aliphatic heterocycles. The second-order valence-corrected chi connectivity index (χ2v) is 4.51. The van der Waals surface area contributed by atoms with E-state index in [-0.39, 0.29) is 5.69 Å². The molecule has 0 radical (unpaired) electrons. The maximum Gasteiger partial charge on any atom is 0.274 e. The minimum atomic E-state index is -0.406. The molecule has 0 atom stereocenters. The Balaban J connectivity index is 2.88. The molecule has 0 aliphatic rings.